The van der Waals surface area contributed by atoms with E-state index in [0.29, 0.717) is 18.7 Å². The Morgan fingerprint density at radius 2 is 1.84 bits per heavy atom. The average Bonchev–Trinajstić information content (AvgIpc) is 3.23. The van der Waals surface area contributed by atoms with Crippen molar-refractivity contribution in [1.82, 2.24) is 5.32 Å². The summed E-state index contributed by atoms with van der Waals surface area (Å²) in [6.07, 6.45) is 0. The van der Waals surface area contributed by atoms with E-state index in [-0.39, 0.29) is 18.3 Å². The lowest BCUT2D eigenvalue weighted by Crippen LogP contribution is -2.26. The molecule has 0 spiro atoms. The van der Waals surface area contributed by atoms with Crippen molar-refractivity contribution in [2.45, 2.75) is 6.61 Å². The lowest BCUT2D eigenvalue weighted by atomic mass is 10.0. The minimum atomic E-state index is -0.991. The van der Waals surface area contributed by atoms with E-state index in [9.17, 15) is 13.6 Å². The summed E-state index contributed by atoms with van der Waals surface area (Å²) in [5, 5.41) is 3.84. The quantitative estimate of drug-likeness (QED) is 0.343. The largest absolute Gasteiger partial charge is 0.485 e. The Hall–Kier alpha value is -3.29. The normalized spacial score (nSPS) is 11.0. The minimum absolute atomic E-state index is 0.116. The van der Waals surface area contributed by atoms with Crippen LogP contribution in [0.4, 0.5) is 8.78 Å². The number of carbonyl (C=O) groups excluding carboxylic acids is 1. The van der Waals surface area contributed by atoms with Gasteiger partial charge in [0.15, 0.2) is 11.6 Å². The Morgan fingerprint density at radius 1 is 1.03 bits per heavy atom. The highest BCUT2D eigenvalue weighted by Crippen LogP contribution is 2.36. The fourth-order valence-electron chi connectivity index (χ4n) is 3.36. The number of carbonyl (C=O) groups is 1. The number of thiophene rings is 1. The number of halogens is 2. The van der Waals surface area contributed by atoms with Crippen molar-refractivity contribution in [3.8, 4) is 16.9 Å². The van der Waals surface area contributed by atoms with Gasteiger partial charge in [-0.1, -0.05) is 36.4 Å². The lowest BCUT2D eigenvalue weighted by molar-refractivity contribution is 0.0937. The number of benzene rings is 3. The summed E-state index contributed by atoms with van der Waals surface area (Å²) in [6, 6.07) is 19.2. The van der Waals surface area contributed by atoms with Crippen LogP contribution in [0.15, 0.2) is 66.7 Å². The number of methoxy groups -OCH3 is 1. The third-order valence-corrected chi connectivity index (χ3v) is 6.07. The molecule has 164 valence electrons. The van der Waals surface area contributed by atoms with Crippen molar-refractivity contribution in [3.63, 3.8) is 0 Å². The molecule has 4 nitrogen and oxygen atoms in total. The van der Waals surface area contributed by atoms with Gasteiger partial charge in [-0.25, -0.2) is 4.39 Å². The van der Waals surface area contributed by atoms with E-state index in [0.717, 1.165) is 32.2 Å². The van der Waals surface area contributed by atoms with Gasteiger partial charge in [-0.3, -0.25) is 4.79 Å². The van der Waals surface area contributed by atoms with E-state index >= 15 is 0 Å². The van der Waals surface area contributed by atoms with Crippen LogP contribution in [0.5, 0.6) is 5.75 Å². The van der Waals surface area contributed by atoms with Crippen molar-refractivity contribution < 1.29 is 23.0 Å². The molecular weight excluding hydrogens is 432 g/mol. The van der Waals surface area contributed by atoms with Crippen LogP contribution in [0.1, 0.15) is 15.2 Å². The number of ether oxygens (including phenoxy) is 2. The summed E-state index contributed by atoms with van der Waals surface area (Å²) in [4.78, 5) is 13.3. The van der Waals surface area contributed by atoms with Crippen molar-refractivity contribution in [2.24, 2.45) is 0 Å². The molecule has 1 aromatic heterocycles. The number of hydrogen-bond acceptors (Lipinski definition) is 4. The van der Waals surface area contributed by atoms with Gasteiger partial charge in [0.05, 0.1) is 6.61 Å². The molecule has 0 aliphatic carbocycles. The topological polar surface area (TPSA) is 47.6 Å². The van der Waals surface area contributed by atoms with Crippen LogP contribution >= 0.6 is 11.3 Å². The Morgan fingerprint density at radius 3 is 2.69 bits per heavy atom. The minimum Gasteiger partial charge on any atom is -0.485 e. The van der Waals surface area contributed by atoms with Crippen LogP contribution in [0, 0.1) is 11.6 Å². The highest BCUT2D eigenvalue weighted by Gasteiger charge is 2.13. The molecule has 3 aromatic carbocycles. The Kier molecular flexibility index (Phi) is 6.78. The number of rotatable bonds is 8. The van der Waals surface area contributed by atoms with Gasteiger partial charge in [-0.2, -0.15) is 4.39 Å². The van der Waals surface area contributed by atoms with Crippen LogP contribution in [0.3, 0.4) is 0 Å². The first-order valence-corrected chi connectivity index (χ1v) is 10.8. The predicted octanol–water partition coefficient (Wildman–Crippen LogP) is 5.80. The second kappa shape index (κ2) is 9.89. The first kappa shape index (κ1) is 21.9. The van der Waals surface area contributed by atoms with E-state index in [2.05, 4.69) is 5.32 Å². The van der Waals surface area contributed by atoms with Crippen molar-refractivity contribution >= 4 is 27.3 Å². The van der Waals surface area contributed by atoms with E-state index in [1.165, 1.54) is 23.5 Å². The van der Waals surface area contributed by atoms with Gasteiger partial charge in [0.2, 0.25) is 5.82 Å². The zero-order chi connectivity index (χ0) is 22.5. The fraction of sp³-hybridized carbons (Fsp3) is 0.160. The maximum Gasteiger partial charge on any atom is 0.251 e. The van der Waals surface area contributed by atoms with Gasteiger partial charge < -0.3 is 14.8 Å². The molecule has 0 radical (unpaired) electrons. The third-order valence-electron chi connectivity index (χ3n) is 4.91. The molecule has 0 aliphatic heterocycles. The lowest BCUT2D eigenvalue weighted by Gasteiger charge is -2.08. The zero-order valence-corrected chi connectivity index (χ0v) is 18.2. The molecule has 0 bridgehead atoms. The van der Waals surface area contributed by atoms with E-state index in [1.807, 2.05) is 42.5 Å². The summed E-state index contributed by atoms with van der Waals surface area (Å²) >= 11 is 1.52. The molecule has 7 heteroatoms. The van der Waals surface area contributed by atoms with E-state index in [4.69, 9.17) is 9.47 Å². The molecule has 4 rings (SSSR count). The SMILES string of the molecule is COCCNC(=O)c1cccc(-c2cccc3cc(COc4cccc(F)c4F)sc23)c1. The summed E-state index contributed by atoms with van der Waals surface area (Å²) in [5.74, 6) is -2.20. The van der Waals surface area contributed by atoms with Crippen LogP contribution < -0.4 is 10.1 Å². The van der Waals surface area contributed by atoms with Crippen LogP contribution in [0.25, 0.3) is 21.2 Å². The van der Waals surface area contributed by atoms with Gasteiger partial charge >= 0.3 is 0 Å². The smallest absolute Gasteiger partial charge is 0.251 e. The summed E-state index contributed by atoms with van der Waals surface area (Å²) in [6.45, 7) is 1.01. The molecule has 4 aromatic rings. The first-order chi connectivity index (χ1) is 15.6. The number of hydrogen-bond donors (Lipinski definition) is 1. The second-order valence-electron chi connectivity index (χ2n) is 7.11. The van der Waals surface area contributed by atoms with Gasteiger partial charge in [0.1, 0.15) is 6.61 Å². The maximum absolute atomic E-state index is 13.9. The van der Waals surface area contributed by atoms with Crippen molar-refractivity contribution in [2.75, 3.05) is 20.3 Å². The summed E-state index contributed by atoms with van der Waals surface area (Å²) in [7, 11) is 1.59. The second-order valence-corrected chi connectivity index (χ2v) is 8.24. The van der Waals surface area contributed by atoms with Crippen LogP contribution in [-0.2, 0) is 11.3 Å². The Balaban J connectivity index is 1.58. The Bertz CT molecular complexity index is 1260. The molecular formula is C25H21F2NO3S. The molecule has 0 aliphatic rings. The Labute approximate surface area is 188 Å². The van der Waals surface area contributed by atoms with Crippen molar-refractivity contribution in [1.29, 1.82) is 0 Å². The standard InChI is InChI=1S/C25H21F2NO3S/c1-30-12-11-28-25(29)18-7-2-5-16(13-18)20-8-3-6-17-14-19(32-24(17)20)15-31-22-10-4-9-21(26)23(22)27/h2-10,13-14H,11-12,15H2,1H3,(H,28,29). The highest BCUT2D eigenvalue weighted by molar-refractivity contribution is 7.19. The molecule has 0 unspecified atom stereocenters. The monoisotopic (exact) mass is 453 g/mol. The molecule has 1 heterocycles. The van der Waals surface area contributed by atoms with Gasteiger partial charge in [0, 0.05) is 28.8 Å². The van der Waals surface area contributed by atoms with Gasteiger partial charge in [-0.05, 0) is 46.8 Å². The molecule has 1 amide bonds. The van der Waals surface area contributed by atoms with Crippen LogP contribution in [0.2, 0.25) is 0 Å². The predicted molar refractivity (Wildman–Crippen MR) is 122 cm³/mol. The molecule has 0 saturated carbocycles. The summed E-state index contributed by atoms with van der Waals surface area (Å²) < 4.78 is 38.8. The first-order valence-electron chi connectivity index (χ1n) is 10.0. The summed E-state index contributed by atoms with van der Waals surface area (Å²) in [5.41, 5.74) is 2.47. The molecule has 0 fully saturated rings. The van der Waals surface area contributed by atoms with Gasteiger partial charge in [0.25, 0.3) is 5.91 Å². The maximum atomic E-state index is 13.9. The number of fused-ring (bicyclic) bond motifs is 1. The highest BCUT2D eigenvalue weighted by atomic mass is 32.1. The van der Waals surface area contributed by atoms with Crippen LogP contribution in [-0.4, -0.2) is 26.2 Å². The molecule has 0 atom stereocenters. The molecule has 32 heavy (non-hydrogen) atoms. The van der Waals surface area contributed by atoms with E-state index in [1.54, 1.807) is 13.2 Å². The zero-order valence-electron chi connectivity index (χ0n) is 17.4. The molecule has 1 N–H and O–H groups in total. The molecule has 0 saturated heterocycles. The third kappa shape index (κ3) is 4.79. The number of nitrogens with one attached hydrogen (secondary N) is 1. The fourth-order valence-corrected chi connectivity index (χ4v) is 4.46. The van der Waals surface area contributed by atoms with Gasteiger partial charge in [-0.15, -0.1) is 11.3 Å². The van der Waals surface area contributed by atoms with E-state index < -0.39 is 11.6 Å². The number of amides is 1. The average molecular weight is 454 g/mol. The van der Waals surface area contributed by atoms with Crippen molar-refractivity contribution in [3.05, 3.63) is 88.8 Å².